The van der Waals surface area contributed by atoms with Crippen LogP contribution in [0, 0.1) is 5.92 Å². The van der Waals surface area contributed by atoms with Crippen molar-refractivity contribution in [1.82, 2.24) is 0 Å². The minimum atomic E-state index is 0.155. The number of ether oxygens (including phenoxy) is 1. The van der Waals surface area contributed by atoms with Gasteiger partial charge in [0.2, 0.25) is 11.9 Å². The van der Waals surface area contributed by atoms with Gasteiger partial charge in [0.15, 0.2) is 11.4 Å². The summed E-state index contributed by atoms with van der Waals surface area (Å²) < 4.78 is 7.38. The molecule has 90 valence electrons. The topological polar surface area (TPSA) is 59.4 Å². The van der Waals surface area contributed by atoms with Gasteiger partial charge in [0, 0.05) is 0 Å². The van der Waals surface area contributed by atoms with Gasteiger partial charge in [-0.3, -0.25) is 0 Å². The summed E-state index contributed by atoms with van der Waals surface area (Å²) in [6.07, 6.45) is 2.74. The number of aromatic nitrogens is 1. The van der Waals surface area contributed by atoms with Crippen molar-refractivity contribution < 1.29 is 14.4 Å². The molecule has 1 rings (SSSR count). The van der Waals surface area contributed by atoms with Crippen LogP contribution in [0.3, 0.4) is 0 Å². The van der Waals surface area contributed by atoms with Gasteiger partial charge in [0.1, 0.15) is 7.05 Å². The monoisotopic (exact) mass is 225 g/mol. The quantitative estimate of drug-likeness (QED) is 0.738. The Morgan fingerprint density at radius 2 is 2.19 bits per heavy atom. The van der Waals surface area contributed by atoms with E-state index in [1.54, 1.807) is 12.3 Å². The third kappa shape index (κ3) is 3.38. The number of aryl methyl sites for hydroxylation is 1. The minimum Gasteiger partial charge on any atom is -0.504 e. The number of aromatic hydroxyl groups is 1. The summed E-state index contributed by atoms with van der Waals surface area (Å²) in [5, 5.41) is 9.72. The predicted octanol–water partition coefficient (Wildman–Crippen LogP) is 1.10. The number of pyridine rings is 1. The molecule has 3 N–H and O–H groups in total. The lowest BCUT2D eigenvalue weighted by Gasteiger charge is -2.09. The molecule has 0 amide bonds. The molecule has 0 fully saturated rings. The first-order valence-electron chi connectivity index (χ1n) is 5.59. The second-order valence-corrected chi connectivity index (χ2v) is 4.36. The molecule has 0 aliphatic rings. The average molecular weight is 225 g/mol. The number of rotatable bonds is 5. The van der Waals surface area contributed by atoms with Gasteiger partial charge in [-0.15, -0.1) is 0 Å². The molecular formula is C12H21N2O2+. The van der Waals surface area contributed by atoms with Crippen LogP contribution < -0.4 is 15.0 Å². The Morgan fingerprint density at radius 3 is 2.75 bits per heavy atom. The van der Waals surface area contributed by atoms with Crippen molar-refractivity contribution >= 4 is 0 Å². The van der Waals surface area contributed by atoms with E-state index < -0.39 is 0 Å². The molecule has 0 unspecified atom stereocenters. The maximum Gasteiger partial charge on any atom is 0.225 e. The van der Waals surface area contributed by atoms with Gasteiger partial charge in [0.05, 0.1) is 19.2 Å². The second-order valence-electron chi connectivity index (χ2n) is 4.36. The van der Waals surface area contributed by atoms with Crippen molar-refractivity contribution in [2.45, 2.75) is 26.8 Å². The minimum absolute atomic E-state index is 0.155. The summed E-state index contributed by atoms with van der Waals surface area (Å²) >= 11 is 0. The third-order valence-corrected chi connectivity index (χ3v) is 2.48. The molecule has 1 aromatic heterocycles. The van der Waals surface area contributed by atoms with Gasteiger partial charge >= 0.3 is 0 Å². The van der Waals surface area contributed by atoms with Crippen LogP contribution in [0.15, 0.2) is 12.3 Å². The van der Waals surface area contributed by atoms with Gasteiger partial charge in [-0.05, 0) is 12.3 Å². The molecule has 0 saturated carbocycles. The first-order valence-corrected chi connectivity index (χ1v) is 5.59. The number of nitrogens with two attached hydrogens (primary N) is 1. The Labute approximate surface area is 96.7 Å². The fraction of sp³-hybridized carbons (Fsp3) is 0.583. The molecule has 0 bridgehead atoms. The van der Waals surface area contributed by atoms with Crippen molar-refractivity contribution in [3.63, 3.8) is 0 Å². The van der Waals surface area contributed by atoms with E-state index in [1.807, 2.05) is 11.6 Å². The van der Waals surface area contributed by atoms with Crippen LogP contribution in [0.1, 0.15) is 26.0 Å². The number of hydrogen-bond acceptors (Lipinski definition) is 3. The Balaban J connectivity index is 2.70. The lowest BCUT2D eigenvalue weighted by atomic mass is 10.1. The summed E-state index contributed by atoms with van der Waals surface area (Å²) in [5.41, 5.74) is 6.41. The van der Waals surface area contributed by atoms with Crippen LogP contribution in [0.25, 0.3) is 0 Å². The highest BCUT2D eigenvalue weighted by molar-refractivity contribution is 5.35. The largest absolute Gasteiger partial charge is 0.504 e. The van der Waals surface area contributed by atoms with Crippen molar-refractivity contribution in [2.24, 2.45) is 18.7 Å². The molecule has 0 radical (unpaired) electrons. The van der Waals surface area contributed by atoms with E-state index in [-0.39, 0.29) is 5.75 Å². The zero-order valence-corrected chi connectivity index (χ0v) is 10.2. The summed E-state index contributed by atoms with van der Waals surface area (Å²) in [5.74, 6) is 1.27. The lowest BCUT2D eigenvalue weighted by molar-refractivity contribution is -0.679. The summed E-state index contributed by atoms with van der Waals surface area (Å²) in [4.78, 5) is 0. The summed E-state index contributed by atoms with van der Waals surface area (Å²) in [6.45, 7) is 5.30. The first kappa shape index (κ1) is 12.8. The van der Waals surface area contributed by atoms with E-state index in [0.29, 0.717) is 24.8 Å². The molecule has 0 aliphatic heterocycles. The van der Waals surface area contributed by atoms with Crippen LogP contribution in [0.5, 0.6) is 11.5 Å². The number of hydrogen-bond donors (Lipinski definition) is 2. The maximum absolute atomic E-state index is 9.72. The Bertz CT molecular complexity index is 351. The van der Waals surface area contributed by atoms with Crippen molar-refractivity contribution in [3.05, 3.63) is 18.0 Å². The molecule has 16 heavy (non-hydrogen) atoms. The predicted molar refractivity (Wildman–Crippen MR) is 62.1 cm³/mol. The number of nitrogens with zero attached hydrogens (tertiary/aromatic N) is 1. The van der Waals surface area contributed by atoms with Gasteiger partial charge in [-0.2, -0.15) is 0 Å². The van der Waals surface area contributed by atoms with Gasteiger partial charge < -0.3 is 15.6 Å². The van der Waals surface area contributed by atoms with Crippen molar-refractivity contribution in [3.8, 4) is 11.5 Å². The molecular weight excluding hydrogens is 204 g/mol. The zero-order valence-electron chi connectivity index (χ0n) is 10.2. The standard InChI is InChI=1S/C12H20N2O2/c1-9(2)4-5-16-12-8-14(3)10(7-13)6-11(12)15/h6,8-9H,4-5,7,13H2,1-3H3/p+1. The molecule has 0 spiro atoms. The van der Waals surface area contributed by atoms with Crippen LogP contribution in [-0.4, -0.2) is 11.7 Å². The molecule has 4 nitrogen and oxygen atoms in total. The normalized spacial score (nSPS) is 10.8. The highest BCUT2D eigenvalue weighted by Crippen LogP contribution is 2.24. The lowest BCUT2D eigenvalue weighted by Crippen LogP contribution is -2.34. The first-order chi connectivity index (χ1) is 7.54. The fourth-order valence-electron chi connectivity index (χ4n) is 1.37. The molecule has 1 aromatic rings. The second kappa shape index (κ2) is 5.70. The Morgan fingerprint density at radius 1 is 1.50 bits per heavy atom. The van der Waals surface area contributed by atoms with E-state index >= 15 is 0 Å². The molecule has 4 heteroatoms. The molecule has 0 aromatic carbocycles. The fourth-order valence-corrected chi connectivity index (χ4v) is 1.37. The summed E-state index contributed by atoms with van der Waals surface area (Å²) in [7, 11) is 1.89. The smallest absolute Gasteiger partial charge is 0.225 e. The van der Waals surface area contributed by atoms with Gasteiger partial charge in [0.25, 0.3) is 0 Å². The van der Waals surface area contributed by atoms with Crippen LogP contribution >= 0.6 is 0 Å². The van der Waals surface area contributed by atoms with E-state index in [4.69, 9.17) is 10.5 Å². The highest BCUT2D eigenvalue weighted by Gasteiger charge is 2.13. The summed E-state index contributed by atoms with van der Waals surface area (Å²) in [6, 6.07) is 1.64. The molecule has 1 heterocycles. The van der Waals surface area contributed by atoms with Crippen LogP contribution in [0.2, 0.25) is 0 Å². The highest BCUT2D eigenvalue weighted by atomic mass is 16.5. The van der Waals surface area contributed by atoms with Crippen LogP contribution in [-0.2, 0) is 13.6 Å². The maximum atomic E-state index is 9.72. The Kier molecular flexibility index (Phi) is 4.55. The van der Waals surface area contributed by atoms with Crippen molar-refractivity contribution in [1.29, 1.82) is 0 Å². The van der Waals surface area contributed by atoms with E-state index in [9.17, 15) is 5.11 Å². The average Bonchev–Trinajstić information content (AvgIpc) is 2.22. The van der Waals surface area contributed by atoms with E-state index in [0.717, 1.165) is 12.1 Å². The van der Waals surface area contributed by atoms with E-state index in [2.05, 4.69) is 13.8 Å². The van der Waals surface area contributed by atoms with E-state index in [1.165, 1.54) is 0 Å². The Hall–Kier alpha value is -1.29. The van der Waals surface area contributed by atoms with Gasteiger partial charge in [-0.25, -0.2) is 4.57 Å². The van der Waals surface area contributed by atoms with Crippen molar-refractivity contribution in [2.75, 3.05) is 6.61 Å². The van der Waals surface area contributed by atoms with Gasteiger partial charge in [-0.1, -0.05) is 13.8 Å². The zero-order chi connectivity index (χ0) is 12.1. The third-order valence-electron chi connectivity index (χ3n) is 2.48. The molecule has 0 saturated heterocycles. The molecule has 0 aliphatic carbocycles. The molecule has 0 atom stereocenters. The van der Waals surface area contributed by atoms with Crippen LogP contribution in [0.4, 0.5) is 0 Å². The SMILES string of the molecule is CC(C)CCOc1c[n+](C)c(CN)cc1O.